The molecule has 3 aromatic rings. The van der Waals surface area contributed by atoms with Crippen molar-refractivity contribution in [3.63, 3.8) is 0 Å². The number of piperidine rings is 1. The second-order valence-electron chi connectivity index (χ2n) is 7.67. The topological polar surface area (TPSA) is 72.2 Å². The highest BCUT2D eigenvalue weighted by molar-refractivity contribution is 5.66. The van der Waals surface area contributed by atoms with Crippen molar-refractivity contribution in [2.75, 3.05) is 20.2 Å². The van der Waals surface area contributed by atoms with E-state index in [-0.39, 0.29) is 11.5 Å². The van der Waals surface area contributed by atoms with Crippen LogP contribution in [0.25, 0.3) is 11.3 Å². The van der Waals surface area contributed by atoms with Crippen LogP contribution in [0, 0.1) is 0 Å². The van der Waals surface area contributed by atoms with Gasteiger partial charge < -0.3 is 15.2 Å². The summed E-state index contributed by atoms with van der Waals surface area (Å²) in [5.41, 5.74) is 3.82. The van der Waals surface area contributed by atoms with Crippen LogP contribution in [0.15, 0.2) is 54.7 Å². The number of fused-ring (bicyclic) bond motifs is 2. The van der Waals surface area contributed by atoms with E-state index in [0.29, 0.717) is 0 Å². The van der Waals surface area contributed by atoms with Gasteiger partial charge in [-0.1, -0.05) is 41.6 Å². The Balaban J connectivity index is 1.58. The molecule has 1 aliphatic carbocycles. The van der Waals surface area contributed by atoms with Crippen molar-refractivity contribution in [3.8, 4) is 17.0 Å². The summed E-state index contributed by atoms with van der Waals surface area (Å²) in [4.78, 5) is 0. The van der Waals surface area contributed by atoms with Crippen LogP contribution in [0.3, 0.4) is 0 Å². The molecule has 2 aromatic carbocycles. The molecule has 0 amide bonds. The average molecular weight is 376 g/mol. The molecule has 0 bridgehead atoms. The van der Waals surface area contributed by atoms with E-state index in [1.165, 1.54) is 5.56 Å². The fourth-order valence-electron chi connectivity index (χ4n) is 4.96. The number of benzene rings is 2. The normalized spacial score (nSPS) is 22.9. The van der Waals surface area contributed by atoms with E-state index < -0.39 is 6.10 Å². The second-order valence-corrected chi connectivity index (χ2v) is 7.67. The number of aliphatic hydroxyl groups is 1. The van der Waals surface area contributed by atoms with Crippen molar-refractivity contribution in [3.05, 3.63) is 65.9 Å². The Morgan fingerprint density at radius 3 is 2.68 bits per heavy atom. The molecule has 2 heterocycles. The van der Waals surface area contributed by atoms with E-state index in [1.54, 1.807) is 7.11 Å². The number of rotatable bonds is 3. The molecule has 0 saturated carbocycles. The number of para-hydroxylation sites is 1. The zero-order chi connectivity index (χ0) is 19.1. The van der Waals surface area contributed by atoms with Crippen LogP contribution in [0.2, 0.25) is 0 Å². The highest BCUT2D eigenvalue weighted by Gasteiger charge is 2.52. The Morgan fingerprint density at radius 2 is 1.86 bits per heavy atom. The molecule has 2 atom stereocenters. The molecule has 144 valence electrons. The first-order valence-corrected chi connectivity index (χ1v) is 9.78. The summed E-state index contributed by atoms with van der Waals surface area (Å²) in [6.07, 6.45) is 3.24. The third-order valence-corrected chi connectivity index (χ3v) is 6.36. The summed E-state index contributed by atoms with van der Waals surface area (Å²) >= 11 is 0. The zero-order valence-electron chi connectivity index (χ0n) is 15.9. The van der Waals surface area contributed by atoms with Crippen molar-refractivity contribution in [2.24, 2.45) is 0 Å². The van der Waals surface area contributed by atoms with Crippen LogP contribution < -0.4 is 10.1 Å². The number of methoxy groups -OCH3 is 1. The van der Waals surface area contributed by atoms with E-state index in [0.717, 1.165) is 48.5 Å². The van der Waals surface area contributed by atoms with Crippen molar-refractivity contribution >= 4 is 0 Å². The number of hydrogen-bond donors (Lipinski definition) is 2. The smallest absolute Gasteiger partial charge is 0.128 e. The molecule has 6 nitrogen and oxygen atoms in total. The van der Waals surface area contributed by atoms with Gasteiger partial charge in [-0.05, 0) is 49.2 Å². The third kappa shape index (κ3) is 2.48. The molecular formula is C22H24N4O2. The molecule has 5 rings (SSSR count). The maximum Gasteiger partial charge on any atom is 0.128 e. The molecule has 1 saturated heterocycles. The Hall–Kier alpha value is -2.70. The number of hydrogen-bond acceptors (Lipinski definition) is 5. The number of ether oxygens (including phenoxy) is 1. The molecule has 6 heteroatoms. The fourth-order valence-corrected chi connectivity index (χ4v) is 4.96. The standard InChI is InChI=1S/C22H24N4O2/c1-28-19-9-5-3-7-16(19)18-14-26(25-24-18)20-15-6-2-4-8-17(15)22(21(20)27)10-12-23-13-11-22/h2-9,14,20-21,23,27H,10-13H2,1H3/t20-,21+/m1/s1. The van der Waals surface area contributed by atoms with E-state index in [2.05, 4.69) is 33.8 Å². The first-order chi connectivity index (χ1) is 13.7. The predicted molar refractivity (Wildman–Crippen MR) is 106 cm³/mol. The molecule has 0 radical (unpaired) electrons. The largest absolute Gasteiger partial charge is 0.496 e. The van der Waals surface area contributed by atoms with Gasteiger partial charge in [0, 0.05) is 11.0 Å². The maximum atomic E-state index is 11.5. The SMILES string of the molecule is COc1ccccc1-c1cn([C@@H]2c3ccccc3C3(CCNCC3)[C@H]2O)nn1. The van der Waals surface area contributed by atoms with E-state index in [1.807, 2.05) is 41.2 Å². The van der Waals surface area contributed by atoms with Crippen LogP contribution >= 0.6 is 0 Å². The summed E-state index contributed by atoms with van der Waals surface area (Å²) in [6, 6.07) is 15.9. The van der Waals surface area contributed by atoms with E-state index >= 15 is 0 Å². The molecule has 1 aliphatic heterocycles. The molecule has 1 fully saturated rings. The molecule has 2 aliphatic rings. The van der Waals surface area contributed by atoms with Gasteiger partial charge in [-0.25, -0.2) is 4.68 Å². The first-order valence-electron chi connectivity index (χ1n) is 9.78. The Bertz CT molecular complexity index is 993. The highest BCUT2D eigenvalue weighted by Crippen LogP contribution is 2.51. The quantitative estimate of drug-likeness (QED) is 0.735. The van der Waals surface area contributed by atoms with Crippen molar-refractivity contribution in [1.82, 2.24) is 20.3 Å². The number of aromatic nitrogens is 3. The van der Waals surface area contributed by atoms with Crippen LogP contribution in [-0.4, -0.2) is 46.4 Å². The number of nitrogens with one attached hydrogen (secondary N) is 1. The molecule has 0 unspecified atom stereocenters. The summed E-state index contributed by atoms with van der Waals surface area (Å²) < 4.78 is 7.29. The summed E-state index contributed by atoms with van der Waals surface area (Å²) in [5.74, 6) is 0.761. The van der Waals surface area contributed by atoms with Gasteiger partial charge >= 0.3 is 0 Å². The second kappa shape index (κ2) is 6.72. The Kier molecular flexibility index (Phi) is 4.18. The summed E-state index contributed by atoms with van der Waals surface area (Å²) in [5, 5.41) is 23.7. The van der Waals surface area contributed by atoms with Gasteiger partial charge in [-0.2, -0.15) is 0 Å². The van der Waals surface area contributed by atoms with Crippen LogP contribution in [0.4, 0.5) is 0 Å². The van der Waals surface area contributed by atoms with Gasteiger partial charge in [0.1, 0.15) is 17.5 Å². The van der Waals surface area contributed by atoms with Crippen molar-refractivity contribution < 1.29 is 9.84 Å². The van der Waals surface area contributed by atoms with Crippen LogP contribution in [0.5, 0.6) is 5.75 Å². The van der Waals surface area contributed by atoms with Crippen molar-refractivity contribution in [2.45, 2.75) is 30.4 Å². The number of nitrogens with zero attached hydrogens (tertiary/aromatic N) is 3. The molecule has 1 aromatic heterocycles. The minimum Gasteiger partial charge on any atom is -0.496 e. The summed E-state index contributed by atoms with van der Waals surface area (Å²) in [7, 11) is 1.65. The van der Waals surface area contributed by atoms with Crippen molar-refractivity contribution in [1.29, 1.82) is 0 Å². The molecule has 28 heavy (non-hydrogen) atoms. The fraction of sp³-hybridized carbons (Fsp3) is 0.364. The zero-order valence-corrected chi connectivity index (χ0v) is 15.9. The van der Waals surface area contributed by atoms with Gasteiger partial charge in [0.05, 0.1) is 19.4 Å². The lowest BCUT2D eigenvalue weighted by atomic mass is 9.72. The summed E-state index contributed by atoms with van der Waals surface area (Å²) in [6.45, 7) is 1.84. The lowest BCUT2D eigenvalue weighted by Gasteiger charge is -2.38. The first kappa shape index (κ1) is 17.4. The highest BCUT2D eigenvalue weighted by atomic mass is 16.5. The third-order valence-electron chi connectivity index (χ3n) is 6.36. The minimum absolute atomic E-state index is 0.219. The molecule has 2 N–H and O–H groups in total. The van der Waals surface area contributed by atoms with Gasteiger partial charge in [0.25, 0.3) is 0 Å². The lowest BCUT2D eigenvalue weighted by Crippen LogP contribution is -2.47. The van der Waals surface area contributed by atoms with Gasteiger partial charge in [-0.3, -0.25) is 0 Å². The molecule has 1 spiro atoms. The average Bonchev–Trinajstić information content (AvgIpc) is 3.31. The van der Waals surface area contributed by atoms with Gasteiger partial charge in [0.2, 0.25) is 0 Å². The Morgan fingerprint density at radius 1 is 1.11 bits per heavy atom. The van der Waals surface area contributed by atoms with E-state index in [9.17, 15) is 5.11 Å². The maximum absolute atomic E-state index is 11.5. The van der Waals surface area contributed by atoms with Gasteiger partial charge in [-0.15, -0.1) is 5.10 Å². The van der Waals surface area contributed by atoms with Crippen LogP contribution in [0.1, 0.15) is 30.0 Å². The lowest BCUT2D eigenvalue weighted by molar-refractivity contribution is 0.0421. The minimum atomic E-state index is -0.529. The Labute approximate surface area is 164 Å². The van der Waals surface area contributed by atoms with Gasteiger partial charge in [0.15, 0.2) is 0 Å². The van der Waals surface area contributed by atoms with E-state index in [4.69, 9.17) is 4.74 Å². The predicted octanol–water partition coefficient (Wildman–Crippen LogP) is 2.54. The van der Waals surface area contributed by atoms with Crippen LogP contribution in [-0.2, 0) is 5.41 Å². The monoisotopic (exact) mass is 376 g/mol. The number of aliphatic hydroxyl groups excluding tert-OH is 1. The molecular weight excluding hydrogens is 352 g/mol.